The summed E-state index contributed by atoms with van der Waals surface area (Å²) < 4.78 is 0. The summed E-state index contributed by atoms with van der Waals surface area (Å²) in [5.41, 5.74) is 2.39. The van der Waals surface area contributed by atoms with E-state index in [0.717, 1.165) is 30.9 Å². The molecular formula is C11H14N4. The van der Waals surface area contributed by atoms with E-state index in [4.69, 9.17) is 5.26 Å². The largest absolute Gasteiger partial charge is 0.380 e. The Morgan fingerprint density at radius 2 is 2.47 bits per heavy atom. The van der Waals surface area contributed by atoms with Gasteiger partial charge in [0.05, 0.1) is 11.4 Å². The van der Waals surface area contributed by atoms with Gasteiger partial charge in [0.15, 0.2) is 0 Å². The molecule has 1 aromatic heterocycles. The van der Waals surface area contributed by atoms with Crippen LogP contribution in [0.1, 0.15) is 17.8 Å². The van der Waals surface area contributed by atoms with Crippen LogP contribution in [0, 0.1) is 18.3 Å². The minimum Gasteiger partial charge on any atom is -0.380 e. The van der Waals surface area contributed by atoms with Crippen LogP contribution in [-0.4, -0.2) is 24.1 Å². The van der Waals surface area contributed by atoms with Gasteiger partial charge in [0.1, 0.15) is 11.8 Å². The highest BCUT2D eigenvalue weighted by atomic mass is 15.0. The minimum absolute atomic E-state index is 0.475. The number of rotatable bonds is 2. The van der Waals surface area contributed by atoms with Gasteiger partial charge in [0.25, 0.3) is 0 Å². The molecule has 1 unspecified atom stereocenters. The maximum Gasteiger partial charge on any atom is 0.140 e. The van der Waals surface area contributed by atoms with Crippen molar-refractivity contribution in [3.8, 4) is 6.07 Å². The zero-order valence-corrected chi connectivity index (χ0v) is 8.75. The van der Waals surface area contributed by atoms with Crippen LogP contribution in [0.5, 0.6) is 0 Å². The van der Waals surface area contributed by atoms with Gasteiger partial charge in [-0.2, -0.15) is 5.26 Å². The quantitative estimate of drug-likeness (QED) is 0.752. The summed E-state index contributed by atoms with van der Waals surface area (Å²) in [5, 5.41) is 15.4. The lowest BCUT2D eigenvalue weighted by atomic mass is 10.2. The van der Waals surface area contributed by atoms with Crippen molar-refractivity contribution in [1.82, 2.24) is 10.3 Å². The molecule has 1 saturated heterocycles. The second-order valence-corrected chi connectivity index (χ2v) is 3.78. The lowest BCUT2D eigenvalue weighted by molar-refractivity contribution is 0.790. The average Bonchev–Trinajstić information content (AvgIpc) is 2.74. The van der Waals surface area contributed by atoms with Crippen LogP contribution in [0.3, 0.4) is 0 Å². The Labute approximate surface area is 89.3 Å². The SMILES string of the molecule is Cc1nc(C#N)ccc1NC1CCNC1. The van der Waals surface area contributed by atoms with Gasteiger partial charge in [-0.05, 0) is 32.0 Å². The van der Waals surface area contributed by atoms with Gasteiger partial charge in [0.2, 0.25) is 0 Å². The smallest absolute Gasteiger partial charge is 0.140 e. The Morgan fingerprint density at radius 3 is 3.07 bits per heavy atom. The van der Waals surface area contributed by atoms with E-state index in [1.54, 1.807) is 6.07 Å². The highest BCUT2D eigenvalue weighted by molar-refractivity contribution is 5.50. The fourth-order valence-electron chi connectivity index (χ4n) is 1.77. The van der Waals surface area contributed by atoms with E-state index >= 15 is 0 Å². The number of aryl methyl sites for hydroxylation is 1. The third kappa shape index (κ3) is 2.25. The van der Waals surface area contributed by atoms with Crippen molar-refractivity contribution in [2.75, 3.05) is 18.4 Å². The molecule has 1 fully saturated rings. The third-order valence-electron chi connectivity index (χ3n) is 2.62. The maximum absolute atomic E-state index is 8.69. The zero-order chi connectivity index (χ0) is 10.7. The van der Waals surface area contributed by atoms with Crippen LogP contribution in [-0.2, 0) is 0 Å². The topological polar surface area (TPSA) is 60.7 Å². The first-order chi connectivity index (χ1) is 7.29. The first kappa shape index (κ1) is 9.94. The lowest BCUT2D eigenvalue weighted by Gasteiger charge is -2.14. The zero-order valence-electron chi connectivity index (χ0n) is 8.75. The molecule has 0 amide bonds. The molecule has 15 heavy (non-hydrogen) atoms. The summed E-state index contributed by atoms with van der Waals surface area (Å²) >= 11 is 0. The van der Waals surface area contributed by atoms with Gasteiger partial charge in [0, 0.05) is 12.6 Å². The number of hydrogen-bond acceptors (Lipinski definition) is 4. The minimum atomic E-state index is 0.475. The van der Waals surface area contributed by atoms with Crippen LogP contribution >= 0.6 is 0 Å². The van der Waals surface area contributed by atoms with Crippen molar-refractivity contribution >= 4 is 5.69 Å². The molecule has 2 N–H and O–H groups in total. The van der Waals surface area contributed by atoms with Gasteiger partial charge in [-0.15, -0.1) is 0 Å². The molecule has 1 aliphatic heterocycles. The van der Waals surface area contributed by atoms with Gasteiger partial charge in [-0.3, -0.25) is 0 Å². The Hall–Kier alpha value is -1.60. The first-order valence-electron chi connectivity index (χ1n) is 5.14. The molecule has 2 heterocycles. The summed E-state index contributed by atoms with van der Waals surface area (Å²) in [4.78, 5) is 4.19. The van der Waals surface area contributed by atoms with Crippen LogP contribution in [0.15, 0.2) is 12.1 Å². The molecular weight excluding hydrogens is 188 g/mol. The van der Waals surface area contributed by atoms with E-state index in [1.165, 1.54) is 0 Å². The van der Waals surface area contributed by atoms with E-state index in [2.05, 4.69) is 15.6 Å². The molecule has 0 aliphatic carbocycles. The molecule has 4 heteroatoms. The van der Waals surface area contributed by atoms with Crippen molar-refractivity contribution < 1.29 is 0 Å². The molecule has 78 valence electrons. The highest BCUT2D eigenvalue weighted by Gasteiger charge is 2.14. The molecule has 0 bridgehead atoms. The van der Waals surface area contributed by atoms with E-state index in [0.29, 0.717) is 11.7 Å². The molecule has 0 aromatic carbocycles. The van der Waals surface area contributed by atoms with Crippen LogP contribution in [0.4, 0.5) is 5.69 Å². The number of nitrogens with zero attached hydrogens (tertiary/aromatic N) is 2. The summed E-state index contributed by atoms with van der Waals surface area (Å²) in [5.74, 6) is 0. The monoisotopic (exact) mass is 202 g/mol. The Morgan fingerprint density at radius 1 is 1.60 bits per heavy atom. The van der Waals surface area contributed by atoms with Crippen molar-refractivity contribution in [2.45, 2.75) is 19.4 Å². The van der Waals surface area contributed by atoms with Crippen LogP contribution < -0.4 is 10.6 Å². The lowest BCUT2D eigenvalue weighted by Crippen LogP contribution is -2.22. The molecule has 1 atom stereocenters. The number of hydrogen-bond donors (Lipinski definition) is 2. The summed E-state index contributed by atoms with van der Waals surface area (Å²) in [6.07, 6.45) is 1.14. The Bertz CT molecular complexity index is 388. The van der Waals surface area contributed by atoms with E-state index in [9.17, 15) is 0 Å². The highest BCUT2D eigenvalue weighted by Crippen LogP contribution is 2.15. The molecule has 1 aromatic rings. The van der Waals surface area contributed by atoms with Crippen molar-refractivity contribution in [1.29, 1.82) is 5.26 Å². The predicted octanol–water partition coefficient (Wildman–Crippen LogP) is 1.04. The predicted molar refractivity (Wildman–Crippen MR) is 58.6 cm³/mol. The van der Waals surface area contributed by atoms with Crippen LogP contribution in [0.2, 0.25) is 0 Å². The van der Waals surface area contributed by atoms with Gasteiger partial charge in [-0.1, -0.05) is 0 Å². The summed E-state index contributed by atoms with van der Waals surface area (Å²) in [6, 6.07) is 6.20. The molecule has 2 rings (SSSR count). The Kier molecular flexibility index (Phi) is 2.84. The maximum atomic E-state index is 8.69. The van der Waals surface area contributed by atoms with E-state index in [1.807, 2.05) is 19.1 Å². The second-order valence-electron chi connectivity index (χ2n) is 3.78. The fourth-order valence-corrected chi connectivity index (χ4v) is 1.77. The molecule has 0 spiro atoms. The van der Waals surface area contributed by atoms with Crippen molar-refractivity contribution in [3.63, 3.8) is 0 Å². The Balaban J connectivity index is 2.11. The van der Waals surface area contributed by atoms with Gasteiger partial charge >= 0.3 is 0 Å². The normalized spacial score (nSPS) is 19.9. The average molecular weight is 202 g/mol. The summed E-state index contributed by atoms with van der Waals surface area (Å²) in [6.45, 7) is 3.99. The van der Waals surface area contributed by atoms with Gasteiger partial charge in [-0.25, -0.2) is 4.98 Å². The van der Waals surface area contributed by atoms with Crippen molar-refractivity contribution in [2.24, 2.45) is 0 Å². The number of nitrogens with one attached hydrogen (secondary N) is 2. The number of nitriles is 1. The molecule has 0 saturated carbocycles. The molecule has 0 radical (unpaired) electrons. The molecule has 1 aliphatic rings. The second kappa shape index (κ2) is 4.28. The first-order valence-corrected chi connectivity index (χ1v) is 5.14. The fraction of sp³-hybridized carbons (Fsp3) is 0.455. The molecule has 4 nitrogen and oxygen atoms in total. The van der Waals surface area contributed by atoms with Crippen LogP contribution in [0.25, 0.3) is 0 Å². The van der Waals surface area contributed by atoms with E-state index < -0.39 is 0 Å². The van der Waals surface area contributed by atoms with Gasteiger partial charge < -0.3 is 10.6 Å². The number of pyridine rings is 1. The third-order valence-corrected chi connectivity index (χ3v) is 2.62. The number of aromatic nitrogens is 1. The standard InChI is InChI=1S/C11H14N4/c1-8-11(3-2-9(6-12)14-8)15-10-4-5-13-7-10/h2-3,10,13,15H,4-5,7H2,1H3. The number of anilines is 1. The summed E-state index contributed by atoms with van der Waals surface area (Å²) in [7, 11) is 0. The van der Waals surface area contributed by atoms with Crippen molar-refractivity contribution in [3.05, 3.63) is 23.5 Å². The van der Waals surface area contributed by atoms with E-state index in [-0.39, 0.29) is 0 Å².